The van der Waals surface area contributed by atoms with Crippen LogP contribution in [-0.2, 0) is 11.2 Å². The largest absolute Gasteiger partial charge is 0.394 e. The summed E-state index contributed by atoms with van der Waals surface area (Å²) in [5.41, 5.74) is 7.32. The van der Waals surface area contributed by atoms with Crippen molar-refractivity contribution in [2.75, 3.05) is 13.3 Å². The predicted molar refractivity (Wildman–Crippen MR) is 104 cm³/mol. The number of nitrogens with two attached hydrogens (primary N) is 1. The maximum absolute atomic E-state index is 10.3. The molecule has 1 aromatic rings. The number of benzene rings is 1. The normalized spacial score (nSPS) is 35.5. The number of rotatable bonds is 5. The third-order valence-electron chi connectivity index (χ3n) is 5.66. The number of nitrogens with zero attached hydrogens (tertiary/aromatic N) is 4. The van der Waals surface area contributed by atoms with E-state index in [1.54, 1.807) is 4.90 Å². The molecule has 150 valence electrons. The molecule has 3 aliphatic rings. The maximum Gasteiger partial charge on any atom is 0.162 e. The summed E-state index contributed by atoms with van der Waals surface area (Å²) in [5.74, 6) is 0.424. The molecule has 2 unspecified atom stereocenters. The molecular weight excluding hydrogens is 362 g/mol. The zero-order valence-electron chi connectivity index (χ0n) is 15.6. The molecule has 0 spiro atoms. The van der Waals surface area contributed by atoms with E-state index >= 15 is 0 Å². The van der Waals surface area contributed by atoms with Crippen molar-refractivity contribution >= 4 is 17.9 Å². The summed E-state index contributed by atoms with van der Waals surface area (Å²) in [6.45, 7) is 1.81. The van der Waals surface area contributed by atoms with Crippen LogP contribution in [0, 0.1) is 5.92 Å². The van der Waals surface area contributed by atoms with Crippen molar-refractivity contribution < 1.29 is 20.1 Å². The molecule has 28 heavy (non-hydrogen) atoms. The summed E-state index contributed by atoms with van der Waals surface area (Å²) in [7, 11) is 0. The Morgan fingerprint density at radius 1 is 1.29 bits per heavy atom. The van der Waals surface area contributed by atoms with Crippen molar-refractivity contribution in [1.29, 1.82) is 0 Å². The zero-order valence-corrected chi connectivity index (χ0v) is 15.6. The zero-order chi connectivity index (χ0) is 19.9. The number of hydrogen-bond donors (Lipinski definition) is 4. The van der Waals surface area contributed by atoms with Gasteiger partial charge in [-0.1, -0.05) is 37.3 Å². The van der Waals surface area contributed by atoms with Gasteiger partial charge in [0.2, 0.25) is 0 Å². The summed E-state index contributed by atoms with van der Waals surface area (Å²) in [4.78, 5) is 15.0. The molecule has 6 atom stereocenters. The van der Waals surface area contributed by atoms with Crippen LogP contribution in [0.2, 0.25) is 0 Å². The van der Waals surface area contributed by atoms with Crippen LogP contribution in [0.15, 0.2) is 45.3 Å². The molecule has 3 aliphatic heterocycles. The van der Waals surface area contributed by atoms with E-state index in [0.717, 1.165) is 12.0 Å². The Kier molecular flexibility index (Phi) is 5.02. The summed E-state index contributed by atoms with van der Waals surface area (Å²) >= 11 is 0. The van der Waals surface area contributed by atoms with Crippen molar-refractivity contribution in [2.24, 2.45) is 26.6 Å². The van der Waals surface area contributed by atoms with Crippen LogP contribution in [0.1, 0.15) is 12.5 Å². The Hall–Kier alpha value is -2.17. The number of fused-ring (bicyclic) bond motifs is 1. The minimum atomic E-state index is -1.19. The molecule has 9 heteroatoms. The lowest BCUT2D eigenvalue weighted by Gasteiger charge is -2.35. The quantitative estimate of drug-likeness (QED) is 0.518. The molecule has 0 aliphatic carbocycles. The molecule has 1 aromatic carbocycles. The van der Waals surface area contributed by atoms with Gasteiger partial charge in [-0.25, -0.2) is 9.98 Å². The van der Waals surface area contributed by atoms with Crippen LogP contribution >= 0.6 is 0 Å². The monoisotopic (exact) mass is 387 g/mol. The van der Waals surface area contributed by atoms with E-state index in [0.29, 0.717) is 11.5 Å². The van der Waals surface area contributed by atoms with E-state index in [4.69, 9.17) is 10.5 Å². The summed E-state index contributed by atoms with van der Waals surface area (Å²) in [6, 6.07) is 10.0. The second-order valence-electron chi connectivity index (χ2n) is 7.46. The molecule has 0 saturated carbocycles. The van der Waals surface area contributed by atoms with Crippen molar-refractivity contribution in [3.05, 3.63) is 35.9 Å². The fourth-order valence-electron chi connectivity index (χ4n) is 3.92. The molecule has 0 amide bonds. The van der Waals surface area contributed by atoms with Crippen molar-refractivity contribution in [2.45, 2.75) is 43.5 Å². The molecule has 5 N–H and O–H groups in total. The highest BCUT2D eigenvalue weighted by molar-refractivity contribution is 6.47. The number of aliphatic hydroxyl groups is 3. The van der Waals surface area contributed by atoms with E-state index in [1.165, 1.54) is 6.34 Å². The number of ether oxygens (including phenoxy) is 1. The summed E-state index contributed by atoms with van der Waals surface area (Å²) in [5, 5.41) is 29.7. The van der Waals surface area contributed by atoms with Crippen molar-refractivity contribution in [3.8, 4) is 0 Å². The Balaban J connectivity index is 1.55. The van der Waals surface area contributed by atoms with Gasteiger partial charge in [0, 0.05) is 5.92 Å². The second kappa shape index (κ2) is 7.34. The van der Waals surface area contributed by atoms with Gasteiger partial charge < -0.3 is 30.7 Å². The lowest BCUT2D eigenvalue weighted by atomic mass is 9.84. The van der Waals surface area contributed by atoms with Crippen LogP contribution in [-0.4, -0.2) is 81.6 Å². The first kappa shape index (κ1) is 19.2. The average Bonchev–Trinajstić information content (AvgIpc) is 3.25. The minimum Gasteiger partial charge on any atom is -0.394 e. The fourth-order valence-corrected chi connectivity index (χ4v) is 3.92. The SMILES string of the molecule is CC(Cc1ccccc1)C1(N)N=CN=C2C1=NCN2[C@@H]1O[C@H](CO)[C@@H](O)[C@H]1O. The first-order valence-electron chi connectivity index (χ1n) is 9.34. The van der Waals surface area contributed by atoms with E-state index in [9.17, 15) is 15.3 Å². The highest BCUT2D eigenvalue weighted by atomic mass is 16.6. The third-order valence-corrected chi connectivity index (χ3v) is 5.66. The molecule has 1 fully saturated rings. The Labute approximate surface area is 162 Å². The second-order valence-corrected chi connectivity index (χ2v) is 7.46. The number of aliphatic imine (C=N–C) groups is 3. The van der Waals surface area contributed by atoms with Crippen LogP contribution < -0.4 is 5.73 Å². The Bertz CT molecular complexity index is 814. The Morgan fingerprint density at radius 3 is 2.71 bits per heavy atom. The molecule has 4 rings (SSSR count). The molecule has 0 bridgehead atoms. The standard InChI is InChI=1S/C19H25N5O4/c1-11(7-12-5-3-2-4-6-12)19(20)16-17(21-9-23-19)24(10-22-16)18-15(27)14(26)13(8-25)28-18/h2-6,9,11,13-15,18,25-27H,7-8,10,20H2,1H3/t11?,13-,14-,15-,18-,19?/m1/s1. The summed E-state index contributed by atoms with van der Waals surface area (Å²) < 4.78 is 5.63. The maximum atomic E-state index is 10.3. The van der Waals surface area contributed by atoms with Crippen LogP contribution in [0.3, 0.4) is 0 Å². The third kappa shape index (κ3) is 3.05. The van der Waals surface area contributed by atoms with Gasteiger partial charge in [-0.15, -0.1) is 0 Å². The van der Waals surface area contributed by atoms with Crippen LogP contribution in [0.5, 0.6) is 0 Å². The topological polar surface area (TPSA) is 136 Å². The van der Waals surface area contributed by atoms with E-state index in [2.05, 4.69) is 15.0 Å². The smallest absolute Gasteiger partial charge is 0.162 e. The number of hydrogen-bond acceptors (Lipinski definition) is 9. The Morgan fingerprint density at radius 2 is 2.04 bits per heavy atom. The molecule has 1 saturated heterocycles. The number of amidine groups is 1. The van der Waals surface area contributed by atoms with Crippen LogP contribution in [0.4, 0.5) is 0 Å². The molecular formula is C19H25N5O4. The van der Waals surface area contributed by atoms with Gasteiger partial charge in [0.1, 0.15) is 37.0 Å². The molecule has 0 radical (unpaired) electrons. The molecule has 0 aromatic heterocycles. The van der Waals surface area contributed by atoms with E-state index < -0.39 is 30.2 Å². The minimum absolute atomic E-state index is 0.0550. The first-order chi connectivity index (χ1) is 13.5. The van der Waals surface area contributed by atoms with Gasteiger partial charge in [0.15, 0.2) is 17.7 Å². The van der Waals surface area contributed by atoms with Gasteiger partial charge in [0.05, 0.1) is 6.61 Å². The van der Waals surface area contributed by atoms with Crippen molar-refractivity contribution in [3.63, 3.8) is 0 Å². The molecule has 9 nitrogen and oxygen atoms in total. The predicted octanol–water partition coefficient (Wildman–Crippen LogP) is -0.886. The molecule has 3 heterocycles. The average molecular weight is 387 g/mol. The van der Waals surface area contributed by atoms with Gasteiger partial charge >= 0.3 is 0 Å². The highest BCUT2D eigenvalue weighted by Gasteiger charge is 2.51. The van der Waals surface area contributed by atoms with Gasteiger partial charge in [-0.3, -0.25) is 4.99 Å². The highest BCUT2D eigenvalue weighted by Crippen LogP contribution is 2.32. The van der Waals surface area contributed by atoms with Crippen molar-refractivity contribution in [1.82, 2.24) is 4.90 Å². The van der Waals surface area contributed by atoms with Gasteiger partial charge in [0.25, 0.3) is 0 Å². The number of aliphatic hydroxyl groups excluding tert-OH is 3. The fraction of sp³-hybridized carbons (Fsp3) is 0.526. The lowest BCUT2D eigenvalue weighted by Crippen LogP contribution is -2.59. The summed E-state index contributed by atoms with van der Waals surface area (Å²) in [6.07, 6.45) is -1.97. The first-order valence-corrected chi connectivity index (χ1v) is 9.34. The lowest BCUT2D eigenvalue weighted by molar-refractivity contribution is -0.0688. The van der Waals surface area contributed by atoms with E-state index in [1.807, 2.05) is 37.3 Å². The van der Waals surface area contributed by atoms with E-state index in [-0.39, 0.29) is 19.2 Å². The van der Waals surface area contributed by atoms with Crippen LogP contribution in [0.25, 0.3) is 0 Å². The van der Waals surface area contributed by atoms with Gasteiger partial charge in [-0.05, 0) is 12.0 Å². The van der Waals surface area contributed by atoms with Gasteiger partial charge in [-0.2, -0.15) is 0 Å².